The number of amides is 2. The van der Waals surface area contributed by atoms with E-state index in [4.69, 9.17) is 32.7 Å². The van der Waals surface area contributed by atoms with E-state index in [0.29, 0.717) is 4.90 Å². The van der Waals surface area contributed by atoms with Crippen LogP contribution in [0.3, 0.4) is 0 Å². The molecule has 39 heavy (non-hydrogen) atoms. The summed E-state index contributed by atoms with van der Waals surface area (Å²) in [5.41, 5.74) is -0.280. The molecule has 0 bridgehead atoms. The molecule has 0 radical (unpaired) electrons. The highest BCUT2D eigenvalue weighted by Gasteiger charge is 2.44. The van der Waals surface area contributed by atoms with Gasteiger partial charge in [-0.2, -0.15) is 0 Å². The zero-order chi connectivity index (χ0) is 28.5. The van der Waals surface area contributed by atoms with Gasteiger partial charge in [-0.1, -0.05) is 29.3 Å². The molecule has 0 saturated heterocycles. The number of benzene rings is 3. The molecule has 11 nitrogen and oxygen atoms in total. The van der Waals surface area contributed by atoms with Gasteiger partial charge in [-0.25, -0.2) is 13.2 Å². The molecule has 0 aliphatic carbocycles. The average Bonchev–Trinajstić information content (AvgIpc) is 3.09. The minimum Gasteiger partial charge on any atom is -0.457 e. The number of carbonyl (C=O) groups excluding carboxylic acids is 3. The number of esters is 1. The van der Waals surface area contributed by atoms with Gasteiger partial charge in [0.2, 0.25) is 0 Å². The molecule has 0 N–H and O–H groups in total. The second-order valence-corrected chi connectivity index (χ2v) is 11.5. The van der Waals surface area contributed by atoms with E-state index >= 15 is 0 Å². The minimum absolute atomic E-state index is 0.0218. The summed E-state index contributed by atoms with van der Waals surface area (Å²) < 4.78 is 34.8. The highest BCUT2D eigenvalue weighted by Crippen LogP contribution is 2.34. The number of ether oxygens (including phenoxy) is 2. The zero-order valence-corrected chi connectivity index (χ0v) is 22.3. The van der Waals surface area contributed by atoms with Gasteiger partial charge in [0.05, 0.1) is 31.8 Å². The van der Waals surface area contributed by atoms with Crippen LogP contribution in [0.4, 0.5) is 5.69 Å². The number of hydrogen-bond donors (Lipinski definition) is 0. The van der Waals surface area contributed by atoms with Crippen LogP contribution in [0.1, 0.15) is 27.1 Å². The quantitative estimate of drug-likeness (QED) is 0.113. The standard InChI is InChI=1S/C25H18Cl2N2O9S/c1-39(35,36)10-9-22(28-23(30)18-12-20(26)21(27)13-19(18)24(28)31)25(32)38-17-4-2-3-16(11-17)37-15-7-5-14(6-8-15)29(33)34/h2-8,11-13,22H,9-10H2,1H3/t22-/m1/s1. The van der Waals surface area contributed by atoms with Gasteiger partial charge < -0.3 is 9.47 Å². The summed E-state index contributed by atoms with van der Waals surface area (Å²) in [5.74, 6) is -2.79. The third kappa shape index (κ3) is 6.36. The first kappa shape index (κ1) is 28.0. The van der Waals surface area contributed by atoms with Crippen molar-refractivity contribution in [3.8, 4) is 17.2 Å². The predicted molar refractivity (Wildman–Crippen MR) is 140 cm³/mol. The van der Waals surface area contributed by atoms with Crippen molar-refractivity contribution in [1.82, 2.24) is 4.90 Å². The fraction of sp³-hybridized carbons (Fsp3) is 0.160. The minimum atomic E-state index is -3.58. The zero-order valence-electron chi connectivity index (χ0n) is 20.0. The first-order valence-electron chi connectivity index (χ1n) is 11.1. The van der Waals surface area contributed by atoms with Gasteiger partial charge in [-0.3, -0.25) is 24.6 Å². The summed E-state index contributed by atoms with van der Waals surface area (Å²) in [6.45, 7) is 0. The lowest BCUT2D eigenvalue weighted by atomic mass is 10.1. The van der Waals surface area contributed by atoms with E-state index in [1.807, 2.05) is 0 Å². The molecule has 0 aromatic heterocycles. The van der Waals surface area contributed by atoms with Crippen molar-refractivity contribution in [2.24, 2.45) is 0 Å². The largest absolute Gasteiger partial charge is 0.457 e. The number of sulfone groups is 1. The second kappa shape index (κ2) is 11.0. The lowest BCUT2D eigenvalue weighted by Gasteiger charge is -2.24. The molecule has 2 amide bonds. The topological polar surface area (TPSA) is 150 Å². The molecule has 1 aliphatic heterocycles. The monoisotopic (exact) mass is 592 g/mol. The number of imide groups is 1. The number of nitrogens with zero attached hydrogens (tertiary/aromatic N) is 2. The van der Waals surface area contributed by atoms with Crippen LogP contribution in [-0.2, 0) is 14.6 Å². The van der Waals surface area contributed by atoms with Crippen LogP contribution in [0.15, 0.2) is 60.7 Å². The first-order chi connectivity index (χ1) is 18.3. The van der Waals surface area contributed by atoms with E-state index in [0.717, 1.165) is 6.26 Å². The normalized spacial score (nSPS) is 13.7. The number of hydrogen-bond acceptors (Lipinski definition) is 9. The Morgan fingerprint density at radius 1 is 0.949 bits per heavy atom. The summed E-state index contributed by atoms with van der Waals surface area (Å²) in [6.07, 6.45) is 0.542. The van der Waals surface area contributed by atoms with Crippen LogP contribution in [-0.4, -0.2) is 54.1 Å². The maximum atomic E-state index is 13.2. The average molecular weight is 593 g/mol. The molecular formula is C25H18Cl2N2O9S. The Bertz CT molecular complexity index is 1570. The molecule has 3 aromatic carbocycles. The van der Waals surface area contributed by atoms with Gasteiger partial charge in [0, 0.05) is 24.5 Å². The maximum Gasteiger partial charge on any atom is 0.334 e. The van der Waals surface area contributed by atoms with Crippen LogP contribution in [0.5, 0.6) is 17.2 Å². The molecule has 0 unspecified atom stereocenters. The van der Waals surface area contributed by atoms with Crippen LogP contribution in [0.25, 0.3) is 0 Å². The van der Waals surface area contributed by atoms with E-state index in [2.05, 4.69) is 0 Å². The van der Waals surface area contributed by atoms with Crippen molar-refractivity contribution >= 4 is 56.5 Å². The molecule has 202 valence electrons. The van der Waals surface area contributed by atoms with Gasteiger partial charge in [-0.05, 0) is 42.8 Å². The van der Waals surface area contributed by atoms with E-state index in [9.17, 15) is 32.9 Å². The lowest BCUT2D eigenvalue weighted by Crippen LogP contribution is -2.47. The first-order valence-corrected chi connectivity index (χ1v) is 13.9. The Balaban J connectivity index is 1.58. The van der Waals surface area contributed by atoms with Gasteiger partial charge in [0.1, 0.15) is 33.1 Å². The molecule has 0 spiro atoms. The van der Waals surface area contributed by atoms with Gasteiger partial charge >= 0.3 is 5.97 Å². The smallest absolute Gasteiger partial charge is 0.334 e. The summed E-state index contributed by atoms with van der Waals surface area (Å²) in [6, 6.07) is 11.9. The highest BCUT2D eigenvalue weighted by atomic mass is 35.5. The highest BCUT2D eigenvalue weighted by molar-refractivity contribution is 7.90. The summed E-state index contributed by atoms with van der Waals surface area (Å²) in [4.78, 5) is 50.4. The summed E-state index contributed by atoms with van der Waals surface area (Å²) >= 11 is 12.0. The second-order valence-electron chi connectivity index (χ2n) is 8.48. The van der Waals surface area contributed by atoms with Crippen molar-refractivity contribution in [1.29, 1.82) is 0 Å². The molecule has 3 aromatic rings. The summed E-state index contributed by atoms with van der Waals surface area (Å²) in [5, 5.41) is 10.9. The predicted octanol–water partition coefficient (Wildman–Crippen LogP) is 4.70. The molecule has 0 fully saturated rings. The fourth-order valence-corrected chi connectivity index (χ4v) is 4.75. The van der Waals surface area contributed by atoms with Crippen LogP contribution >= 0.6 is 23.2 Å². The van der Waals surface area contributed by atoms with Crippen molar-refractivity contribution in [3.05, 3.63) is 92.0 Å². The Morgan fingerprint density at radius 2 is 1.51 bits per heavy atom. The molecule has 1 atom stereocenters. The van der Waals surface area contributed by atoms with Crippen molar-refractivity contribution in [2.75, 3.05) is 12.0 Å². The Morgan fingerprint density at radius 3 is 2.05 bits per heavy atom. The van der Waals surface area contributed by atoms with Crippen LogP contribution in [0.2, 0.25) is 10.0 Å². The van der Waals surface area contributed by atoms with E-state index in [-0.39, 0.29) is 44.1 Å². The number of nitro benzene ring substituents is 1. The van der Waals surface area contributed by atoms with Crippen molar-refractivity contribution in [2.45, 2.75) is 12.5 Å². The molecular weight excluding hydrogens is 575 g/mol. The molecule has 0 saturated carbocycles. The maximum absolute atomic E-state index is 13.2. The number of halogens is 2. The third-order valence-electron chi connectivity index (χ3n) is 5.61. The Kier molecular flexibility index (Phi) is 7.91. The number of carbonyl (C=O) groups is 3. The molecule has 4 rings (SSSR count). The Hall–Kier alpha value is -4.00. The fourth-order valence-electron chi connectivity index (χ4n) is 3.77. The number of rotatable bonds is 9. The molecule has 14 heteroatoms. The molecule has 1 heterocycles. The van der Waals surface area contributed by atoms with E-state index < -0.39 is 50.8 Å². The van der Waals surface area contributed by atoms with Gasteiger partial charge in [0.15, 0.2) is 0 Å². The molecule has 1 aliphatic rings. The Labute approximate surface area is 231 Å². The van der Waals surface area contributed by atoms with Crippen molar-refractivity contribution in [3.63, 3.8) is 0 Å². The van der Waals surface area contributed by atoms with Gasteiger partial charge in [0.25, 0.3) is 17.5 Å². The van der Waals surface area contributed by atoms with Crippen LogP contribution in [0, 0.1) is 10.1 Å². The van der Waals surface area contributed by atoms with Crippen molar-refractivity contribution < 1.29 is 37.2 Å². The van der Waals surface area contributed by atoms with Crippen LogP contribution < -0.4 is 9.47 Å². The van der Waals surface area contributed by atoms with E-state index in [1.165, 1.54) is 60.7 Å². The van der Waals surface area contributed by atoms with E-state index in [1.54, 1.807) is 0 Å². The number of nitro groups is 1. The third-order valence-corrected chi connectivity index (χ3v) is 7.31. The lowest BCUT2D eigenvalue weighted by molar-refractivity contribution is -0.384. The summed E-state index contributed by atoms with van der Waals surface area (Å²) in [7, 11) is -3.58. The number of fused-ring (bicyclic) bond motifs is 1. The van der Waals surface area contributed by atoms with Gasteiger partial charge in [-0.15, -0.1) is 0 Å². The SMILES string of the molecule is CS(=O)(=O)CC[C@H](C(=O)Oc1cccc(Oc2ccc([N+](=O)[O-])cc2)c1)N1C(=O)c2cc(Cl)c(Cl)cc2C1=O. The number of non-ortho nitro benzene ring substituents is 1.